The minimum Gasteiger partial charge on any atom is -0.383 e. The Hall–Kier alpha value is -2.47. The third-order valence-corrected chi connectivity index (χ3v) is 6.77. The monoisotopic (exact) mass is 447 g/mol. The topological polar surface area (TPSA) is 107 Å². The highest BCUT2D eigenvalue weighted by atomic mass is 32.1. The molecule has 0 aliphatic carbocycles. The summed E-state index contributed by atoms with van der Waals surface area (Å²) in [5, 5.41) is 7.68. The van der Waals surface area contributed by atoms with Gasteiger partial charge >= 0.3 is 0 Å². The maximum Gasteiger partial charge on any atom is 0.267 e. The van der Waals surface area contributed by atoms with Gasteiger partial charge in [-0.15, -0.1) is 16.4 Å². The molecule has 0 saturated carbocycles. The first kappa shape index (κ1) is 20.8. The van der Waals surface area contributed by atoms with Crippen molar-refractivity contribution in [2.45, 2.75) is 13.0 Å². The average Bonchev–Trinajstić information content (AvgIpc) is 3.37. The van der Waals surface area contributed by atoms with Crippen LogP contribution in [-0.4, -0.2) is 71.2 Å². The lowest BCUT2D eigenvalue weighted by atomic mass is 10.0. The third-order valence-electron chi connectivity index (χ3n) is 4.82. The largest absolute Gasteiger partial charge is 0.383 e. The molecule has 1 unspecified atom stereocenters. The van der Waals surface area contributed by atoms with Crippen LogP contribution in [0.3, 0.4) is 0 Å². The molecule has 30 heavy (non-hydrogen) atoms. The van der Waals surface area contributed by atoms with E-state index >= 15 is 0 Å². The minimum absolute atomic E-state index is 0.112. The number of methoxy groups -OCH3 is 1. The van der Waals surface area contributed by atoms with Crippen LogP contribution in [0.1, 0.15) is 36.7 Å². The van der Waals surface area contributed by atoms with Gasteiger partial charge in [0, 0.05) is 37.3 Å². The molecule has 158 valence electrons. The van der Waals surface area contributed by atoms with Crippen LogP contribution < -0.4 is 5.32 Å². The molecule has 1 fully saturated rings. The van der Waals surface area contributed by atoms with Crippen LogP contribution in [-0.2, 0) is 9.47 Å². The Morgan fingerprint density at radius 3 is 3.03 bits per heavy atom. The van der Waals surface area contributed by atoms with Gasteiger partial charge in [0.25, 0.3) is 11.8 Å². The summed E-state index contributed by atoms with van der Waals surface area (Å²) in [6.07, 6.45) is 1.27. The van der Waals surface area contributed by atoms with Crippen LogP contribution in [0.4, 0.5) is 0 Å². The number of aromatic nitrogens is 3. The summed E-state index contributed by atoms with van der Waals surface area (Å²) in [5.74, 6) is -0.306. The zero-order valence-corrected chi connectivity index (χ0v) is 18.2. The number of carbonyl (C=O) groups is 2. The van der Waals surface area contributed by atoms with E-state index in [1.54, 1.807) is 25.1 Å². The molecule has 1 N–H and O–H groups in total. The Morgan fingerprint density at radius 2 is 2.27 bits per heavy atom. The van der Waals surface area contributed by atoms with Crippen molar-refractivity contribution in [2.75, 3.05) is 40.0 Å². The van der Waals surface area contributed by atoms with Crippen LogP contribution in [0.15, 0.2) is 18.3 Å². The van der Waals surface area contributed by atoms with E-state index in [4.69, 9.17) is 9.47 Å². The van der Waals surface area contributed by atoms with Gasteiger partial charge in [0.1, 0.15) is 20.7 Å². The van der Waals surface area contributed by atoms with Crippen molar-refractivity contribution in [1.29, 1.82) is 0 Å². The number of aryl methyl sites for hydroxylation is 1. The highest BCUT2D eigenvalue weighted by molar-refractivity contribution is 7.20. The van der Waals surface area contributed by atoms with Crippen molar-refractivity contribution in [3.63, 3.8) is 0 Å². The predicted octanol–water partition coefficient (Wildman–Crippen LogP) is 2.05. The van der Waals surface area contributed by atoms with Crippen molar-refractivity contribution in [3.8, 4) is 0 Å². The molecule has 2 amide bonds. The summed E-state index contributed by atoms with van der Waals surface area (Å²) in [6.45, 7) is 3.80. The number of thiophene rings is 1. The number of carbonyl (C=O) groups excluding carboxylic acids is 2. The van der Waals surface area contributed by atoms with Gasteiger partial charge in [0.2, 0.25) is 0 Å². The fraction of sp³-hybridized carbons (Fsp3) is 0.421. The molecule has 1 aliphatic heterocycles. The van der Waals surface area contributed by atoms with Gasteiger partial charge in [-0.2, -0.15) is 0 Å². The molecule has 9 nitrogen and oxygen atoms in total. The number of fused-ring (bicyclic) bond motifs is 1. The van der Waals surface area contributed by atoms with E-state index in [0.29, 0.717) is 48.3 Å². The van der Waals surface area contributed by atoms with Crippen LogP contribution in [0.5, 0.6) is 0 Å². The summed E-state index contributed by atoms with van der Waals surface area (Å²) >= 11 is 2.42. The van der Waals surface area contributed by atoms with E-state index in [0.717, 1.165) is 27.3 Å². The third kappa shape index (κ3) is 4.06. The Morgan fingerprint density at radius 1 is 1.40 bits per heavy atom. The molecule has 0 radical (unpaired) electrons. The number of nitrogens with zero attached hydrogens (tertiary/aromatic N) is 4. The summed E-state index contributed by atoms with van der Waals surface area (Å²) < 4.78 is 14.9. The molecule has 3 aromatic heterocycles. The number of rotatable bonds is 6. The van der Waals surface area contributed by atoms with Gasteiger partial charge in [0.05, 0.1) is 25.5 Å². The lowest BCUT2D eigenvalue weighted by Gasteiger charge is -2.33. The van der Waals surface area contributed by atoms with Gasteiger partial charge < -0.3 is 19.7 Å². The van der Waals surface area contributed by atoms with E-state index in [9.17, 15) is 9.59 Å². The molecule has 1 atom stereocenters. The molecule has 4 rings (SSSR count). The van der Waals surface area contributed by atoms with E-state index < -0.39 is 6.10 Å². The molecule has 11 heteroatoms. The van der Waals surface area contributed by atoms with E-state index in [2.05, 4.69) is 19.9 Å². The highest BCUT2D eigenvalue weighted by Gasteiger charge is 2.33. The zero-order valence-electron chi connectivity index (χ0n) is 16.6. The first-order chi connectivity index (χ1) is 14.6. The lowest BCUT2D eigenvalue weighted by molar-refractivity contribution is -0.0221. The first-order valence-corrected chi connectivity index (χ1v) is 11.0. The maximum atomic E-state index is 13.0. The van der Waals surface area contributed by atoms with Crippen molar-refractivity contribution in [1.82, 2.24) is 24.8 Å². The second-order valence-electron chi connectivity index (χ2n) is 6.75. The fourth-order valence-electron chi connectivity index (χ4n) is 3.37. The van der Waals surface area contributed by atoms with Crippen molar-refractivity contribution >= 4 is 44.9 Å². The van der Waals surface area contributed by atoms with Gasteiger partial charge in [-0.25, -0.2) is 4.98 Å². The van der Waals surface area contributed by atoms with Crippen LogP contribution in [0.2, 0.25) is 0 Å². The van der Waals surface area contributed by atoms with Gasteiger partial charge in [-0.3, -0.25) is 9.59 Å². The standard InChI is InChI=1S/C19H21N5O4S2/c1-11-15(30-23-22-11)19(26)24-7-9-28-13(10-24)14-12-4-3-5-21-18(12)29-16(14)17(25)20-6-8-27-2/h3-5,13H,6-10H2,1-2H3,(H,20,25). The number of amides is 2. The summed E-state index contributed by atoms with van der Waals surface area (Å²) in [4.78, 5) is 33.8. The predicted molar refractivity (Wildman–Crippen MR) is 113 cm³/mol. The summed E-state index contributed by atoms with van der Waals surface area (Å²) in [6, 6.07) is 3.77. The van der Waals surface area contributed by atoms with Gasteiger partial charge in [0.15, 0.2) is 0 Å². The number of morpholine rings is 1. The van der Waals surface area contributed by atoms with E-state index in [-0.39, 0.29) is 11.8 Å². The lowest BCUT2D eigenvalue weighted by Crippen LogP contribution is -2.42. The molecule has 1 aliphatic rings. The number of hydrogen-bond donors (Lipinski definition) is 1. The number of ether oxygens (including phenoxy) is 2. The Balaban J connectivity index is 1.64. The molecule has 0 spiro atoms. The maximum absolute atomic E-state index is 13.0. The Labute approximate surface area is 181 Å². The molecule has 3 aromatic rings. The molecular weight excluding hydrogens is 426 g/mol. The smallest absolute Gasteiger partial charge is 0.267 e. The van der Waals surface area contributed by atoms with Crippen LogP contribution in [0, 0.1) is 6.92 Å². The molecular formula is C19H21N5O4S2. The number of nitrogens with one attached hydrogen (secondary N) is 1. The molecule has 0 aromatic carbocycles. The van der Waals surface area contributed by atoms with Crippen LogP contribution >= 0.6 is 22.9 Å². The Kier molecular flexibility index (Phi) is 6.32. The number of hydrogen-bond acceptors (Lipinski definition) is 9. The molecule has 0 bridgehead atoms. The Bertz CT molecular complexity index is 1070. The summed E-state index contributed by atoms with van der Waals surface area (Å²) in [5.41, 5.74) is 1.39. The first-order valence-electron chi connectivity index (χ1n) is 9.44. The fourth-order valence-corrected chi connectivity index (χ4v) is 5.10. The number of pyridine rings is 1. The summed E-state index contributed by atoms with van der Waals surface area (Å²) in [7, 11) is 1.59. The molecule has 1 saturated heterocycles. The van der Waals surface area contributed by atoms with Gasteiger partial charge in [-0.1, -0.05) is 10.6 Å². The van der Waals surface area contributed by atoms with E-state index in [1.165, 1.54) is 11.3 Å². The van der Waals surface area contributed by atoms with Crippen molar-refractivity contribution in [2.24, 2.45) is 0 Å². The SMILES string of the molecule is COCCNC(=O)c1sc2ncccc2c1C1CN(C(=O)c2snnc2C)CCO1. The van der Waals surface area contributed by atoms with Crippen LogP contribution in [0.25, 0.3) is 10.2 Å². The highest BCUT2D eigenvalue weighted by Crippen LogP contribution is 2.37. The molecule has 4 heterocycles. The average molecular weight is 448 g/mol. The minimum atomic E-state index is -0.426. The van der Waals surface area contributed by atoms with Crippen molar-refractivity contribution in [3.05, 3.63) is 39.3 Å². The second kappa shape index (κ2) is 9.13. The second-order valence-corrected chi connectivity index (χ2v) is 8.50. The quantitative estimate of drug-likeness (QED) is 0.576. The van der Waals surface area contributed by atoms with E-state index in [1.807, 2.05) is 12.1 Å². The normalized spacial score (nSPS) is 16.7. The van der Waals surface area contributed by atoms with Gasteiger partial charge in [-0.05, 0) is 24.5 Å². The zero-order chi connectivity index (χ0) is 21.1. The van der Waals surface area contributed by atoms with Crippen molar-refractivity contribution < 1.29 is 19.1 Å².